The maximum absolute atomic E-state index is 14.5. The molecule has 0 saturated carbocycles. The molecule has 3 rings (SSSR count). The van der Waals surface area contributed by atoms with E-state index in [1.165, 1.54) is 43.3 Å². The molecule has 0 aliphatic heterocycles. The smallest absolute Gasteiger partial charge is 0.348 e. The van der Waals surface area contributed by atoms with E-state index in [0.29, 0.717) is 4.70 Å². The maximum atomic E-state index is 14.5. The summed E-state index contributed by atoms with van der Waals surface area (Å²) in [6.07, 6.45) is 0. The van der Waals surface area contributed by atoms with Gasteiger partial charge in [-0.25, -0.2) is 22.4 Å². The first kappa shape index (κ1) is 21.9. The Morgan fingerprint density at radius 2 is 1.73 bits per heavy atom. The first-order valence-corrected chi connectivity index (χ1v) is 11.6. The minimum absolute atomic E-state index is 0.114. The first-order chi connectivity index (χ1) is 14.3. The van der Waals surface area contributed by atoms with Crippen LogP contribution in [0.15, 0.2) is 47.4 Å². The van der Waals surface area contributed by atoms with Gasteiger partial charge in [-0.05, 0) is 31.2 Å². The van der Waals surface area contributed by atoms with Crippen molar-refractivity contribution in [1.29, 1.82) is 0 Å². The third-order valence-corrected chi connectivity index (χ3v) is 7.36. The number of hydrogen-bond acceptors (Lipinski definition) is 7. The number of sulfone groups is 1. The van der Waals surface area contributed by atoms with E-state index < -0.39 is 34.2 Å². The van der Waals surface area contributed by atoms with E-state index in [4.69, 9.17) is 9.47 Å². The van der Waals surface area contributed by atoms with Gasteiger partial charge in [0, 0.05) is 15.6 Å². The second kappa shape index (κ2) is 8.93. The molecule has 3 aromatic rings. The van der Waals surface area contributed by atoms with Crippen LogP contribution in [0.1, 0.15) is 39.4 Å². The van der Waals surface area contributed by atoms with E-state index in [2.05, 4.69) is 0 Å². The molecule has 1 heterocycles. The molecule has 0 aliphatic carbocycles. The quantitative estimate of drug-likeness (QED) is 0.497. The number of carbonyl (C=O) groups is 2. The molecule has 2 aromatic carbocycles. The average Bonchev–Trinajstić information content (AvgIpc) is 3.12. The van der Waals surface area contributed by atoms with Crippen molar-refractivity contribution in [3.63, 3.8) is 0 Å². The normalized spacial score (nSPS) is 11.4. The van der Waals surface area contributed by atoms with Gasteiger partial charge < -0.3 is 9.47 Å². The SMILES string of the molecule is CCOC(=O)c1sc2cccc(F)c2c1COC(=O)c1ccccc1S(=O)(=O)CC. The highest BCUT2D eigenvalue weighted by Gasteiger charge is 2.25. The Morgan fingerprint density at radius 3 is 2.43 bits per heavy atom. The van der Waals surface area contributed by atoms with E-state index in [1.54, 1.807) is 13.0 Å². The van der Waals surface area contributed by atoms with Gasteiger partial charge in [0.25, 0.3) is 0 Å². The fraction of sp³-hybridized carbons (Fsp3) is 0.238. The van der Waals surface area contributed by atoms with Gasteiger partial charge in [0.15, 0.2) is 9.84 Å². The predicted octanol–water partition coefficient (Wildman–Crippen LogP) is 4.37. The topological polar surface area (TPSA) is 86.7 Å². The lowest BCUT2D eigenvalue weighted by Crippen LogP contribution is -2.14. The Morgan fingerprint density at radius 1 is 1.00 bits per heavy atom. The number of thiophene rings is 1. The largest absolute Gasteiger partial charge is 0.462 e. The van der Waals surface area contributed by atoms with Crippen molar-refractivity contribution >= 4 is 43.2 Å². The van der Waals surface area contributed by atoms with Gasteiger partial charge in [-0.1, -0.05) is 25.1 Å². The van der Waals surface area contributed by atoms with Crippen LogP contribution in [0.5, 0.6) is 0 Å². The third kappa shape index (κ3) is 4.22. The number of fused-ring (bicyclic) bond motifs is 1. The van der Waals surface area contributed by atoms with E-state index in [1.807, 2.05) is 0 Å². The number of halogens is 1. The zero-order valence-corrected chi connectivity index (χ0v) is 17.9. The van der Waals surface area contributed by atoms with Gasteiger partial charge in [0.1, 0.15) is 17.3 Å². The summed E-state index contributed by atoms with van der Waals surface area (Å²) in [5.41, 5.74) is 0.0766. The van der Waals surface area contributed by atoms with Crippen molar-refractivity contribution in [3.05, 3.63) is 64.3 Å². The average molecular weight is 451 g/mol. The summed E-state index contributed by atoms with van der Waals surface area (Å²) in [5, 5.41) is 0.174. The molecule has 0 N–H and O–H groups in total. The van der Waals surface area contributed by atoms with Crippen LogP contribution in [-0.2, 0) is 25.9 Å². The molecule has 6 nitrogen and oxygen atoms in total. The summed E-state index contributed by atoms with van der Waals surface area (Å²) in [5.74, 6) is -2.25. The van der Waals surface area contributed by atoms with Crippen molar-refractivity contribution in [3.8, 4) is 0 Å². The fourth-order valence-electron chi connectivity index (χ4n) is 2.94. The lowest BCUT2D eigenvalue weighted by Gasteiger charge is -2.10. The van der Waals surface area contributed by atoms with Gasteiger partial charge in [-0.2, -0.15) is 0 Å². The van der Waals surface area contributed by atoms with Crippen molar-refractivity contribution in [1.82, 2.24) is 0 Å². The molecule has 158 valence electrons. The summed E-state index contributed by atoms with van der Waals surface area (Å²) >= 11 is 1.04. The van der Waals surface area contributed by atoms with Crippen LogP contribution >= 0.6 is 11.3 Å². The Bertz CT molecular complexity index is 1210. The summed E-state index contributed by atoms with van der Waals surface area (Å²) in [7, 11) is -3.65. The third-order valence-electron chi connectivity index (χ3n) is 4.39. The van der Waals surface area contributed by atoms with Crippen molar-refractivity contribution in [2.24, 2.45) is 0 Å². The van der Waals surface area contributed by atoms with Crippen LogP contribution in [0.3, 0.4) is 0 Å². The molecule has 0 amide bonds. The zero-order chi connectivity index (χ0) is 21.9. The van der Waals surface area contributed by atoms with Crippen LogP contribution < -0.4 is 0 Å². The molecule has 0 unspecified atom stereocenters. The summed E-state index contributed by atoms with van der Waals surface area (Å²) in [6.45, 7) is 2.85. The minimum Gasteiger partial charge on any atom is -0.462 e. The Kier molecular flexibility index (Phi) is 6.52. The van der Waals surface area contributed by atoms with Gasteiger partial charge >= 0.3 is 11.9 Å². The van der Waals surface area contributed by atoms with Crippen LogP contribution in [0.25, 0.3) is 10.1 Å². The van der Waals surface area contributed by atoms with Crippen LogP contribution in [-0.4, -0.2) is 32.7 Å². The molecule has 1 aromatic heterocycles. The van der Waals surface area contributed by atoms with Gasteiger partial charge in [0.2, 0.25) is 0 Å². The molecule has 0 atom stereocenters. The summed E-state index contributed by atoms with van der Waals surface area (Å²) in [6, 6.07) is 10.1. The minimum atomic E-state index is -3.65. The Balaban J connectivity index is 1.98. The van der Waals surface area contributed by atoms with Gasteiger partial charge in [-0.3, -0.25) is 0 Å². The molecular weight excluding hydrogens is 431 g/mol. The van der Waals surface area contributed by atoms with Crippen LogP contribution in [0.2, 0.25) is 0 Å². The molecule has 9 heteroatoms. The van der Waals surface area contributed by atoms with Gasteiger partial charge in [0.05, 0.1) is 22.8 Å². The fourth-order valence-corrected chi connectivity index (χ4v) is 5.14. The van der Waals surface area contributed by atoms with Crippen LogP contribution in [0.4, 0.5) is 4.39 Å². The molecule has 0 radical (unpaired) electrons. The van der Waals surface area contributed by atoms with E-state index in [-0.39, 0.29) is 38.6 Å². The van der Waals surface area contributed by atoms with Crippen molar-refractivity contribution < 1.29 is 31.9 Å². The van der Waals surface area contributed by atoms with Crippen molar-refractivity contribution in [2.45, 2.75) is 25.3 Å². The summed E-state index contributed by atoms with van der Waals surface area (Å²) < 4.78 is 49.9. The second-order valence-corrected chi connectivity index (χ2v) is 9.52. The molecule has 0 bridgehead atoms. The molecule has 0 aliphatic rings. The van der Waals surface area contributed by atoms with E-state index in [9.17, 15) is 22.4 Å². The highest BCUT2D eigenvalue weighted by Crippen LogP contribution is 2.34. The molecule has 30 heavy (non-hydrogen) atoms. The lowest BCUT2D eigenvalue weighted by atomic mass is 10.1. The molecule has 0 fully saturated rings. The number of esters is 2. The van der Waals surface area contributed by atoms with E-state index in [0.717, 1.165) is 11.3 Å². The van der Waals surface area contributed by atoms with E-state index >= 15 is 0 Å². The molecule has 0 saturated heterocycles. The lowest BCUT2D eigenvalue weighted by molar-refractivity contribution is 0.0451. The number of ether oxygens (including phenoxy) is 2. The Hall–Kier alpha value is -2.78. The van der Waals surface area contributed by atoms with Crippen LogP contribution in [0, 0.1) is 5.82 Å². The zero-order valence-electron chi connectivity index (χ0n) is 16.3. The molecular formula is C21H19FO6S2. The number of rotatable bonds is 7. The monoisotopic (exact) mass is 450 g/mol. The molecule has 0 spiro atoms. The second-order valence-electron chi connectivity index (χ2n) is 6.22. The van der Waals surface area contributed by atoms with Crippen molar-refractivity contribution in [2.75, 3.05) is 12.4 Å². The maximum Gasteiger partial charge on any atom is 0.348 e. The number of carbonyl (C=O) groups excluding carboxylic acids is 2. The number of hydrogen-bond donors (Lipinski definition) is 0. The standard InChI is InChI=1S/C21H19FO6S2/c1-3-27-21(24)19-14(18-15(22)9-7-10-16(18)29-19)12-28-20(23)13-8-5-6-11-17(13)30(25,26)4-2/h5-11H,3-4,12H2,1-2H3. The first-order valence-electron chi connectivity index (χ1n) is 9.16. The predicted molar refractivity (Wildman–Crippen MR) is 111 cm³/mol. The Labute approximate surface area is 177 Å². The summed E-state index contributed by atoms with van der Waals surface area (Å²) in [4.78, 5) is 25.0. The van der Waals surface area contributed by atoms with Gasteiger partial charge in [-0.15, -0.1) is 11.3 Å². The number of benzene rings is 2. The highest BCUT2D eigenvalue weighted by molar-refractivity contribution is 7.91. The highest BCUT2D eigenvalue weighted by atomic mass is 32.2.